The van der Waals surface area contributed by atoms with Gasteiger partial charge in [-0.05, 0) is 30.4 Å². The molecule has 2 atom stereocenters. The lowest BCUT2D eigenvalue weighted by Gasteiger charge is -2.41. The Morgan fingerprint density at radius 2 is 2.00 bits per heavy atom. The molecule has 0 saturated heterocycles. The zero-order valence-corrected chi connectivity index (χ0v) is 18.5. The lowest BCUT2D eigenvalue weighted by atomic mass is 9.63. The van der Waals surface area contributed by atoms with Gasteiger partial charge in [-0.1, -0.05) is 43.6 Å². The average molecular weight is 433 g/mol. The fourth-order valence-electron chi connectivity index (χ4n) is 4.38. The average Bonchev–Trinajstić information content (AvgIpc) is 2.66. The molecule has 0 bridgehead atoms. The number of nitrogens with two attached hydrogens (primary N) is 1. The molecule has 1 aliphatic carbocycles. The largest absolute Gasteiger partial charge is 0.463 e. The van der Waals surface area contributed by atoms with Gasteiger partial charge in [-0.15, -0.1) is 0 Å². The number of nitrogens with zero attached hydrogens (tertiary/aromatic N) is 1. The van der Waals surface area contributed by atoms with Crippen LogP contribution >= 0.6 is 11.6 Å². The normalized spacial score (nSPS) is 23.1. The van der Waals surface area contributed by atoms with E-state index in [1.54, 1.807) is 13.0 Å². The first-order valence-corrected chi connectivity index (χ1v) is 10.7. The van der Waals surface area contributed by atoms with Gasteiger partial charge in [0.05, 0.1) is 37.0 Å². The summed E-state index contributed by atoms with van der Waals surface area (Å²) in [5.74, 6) is -1.51. The summed E-state index contributed by atoms with van der Waals surface area (Å²) < 4.78 is 11.0. The Labute approximate surface area is 182 Å². The number of hydrogen-bond acceptors (Lipinski definition) is 6. The minimum Gasteiger partial charge on any atom is -0.463 e. The zero-order chi connectivity index (χ0) is 21.9. The summed E-state index contributed by atoms with van der Waals surface area (Å²) in [5, 5.41) is 0.505. The third kappa shape index (κ3) is 4.66. The maximum atomic E-state index is 13.3. The molecular weight excluding hydrogens is 404 g/mol. The van der Waals surface area contributed by atoms with Crippen LogP contribution in [0.25, 0.3) is 0 Å². The van der Waals surface area contributed by atoms with Gasteiger partial charge in [0.25, 0.3) is 0 Å². The van der Waals surface area contributed by atoms with Gasteiger partial charge in [-0.3, -0.25) is 9.79 Å². The van der Waals surface area contributed by atoms with E-state index in [4.69, 9.17) is 31.8 Å². The molecule has 2 N–H and O–H groups in total. The van der Waals surface area contributed by atoms with Crippen molar-refractivity contribution in [3.8, 4) is 0 Å². The molecule has 2 aliphatic rings. The predicted octanol–water partition coefficient (Wildman–Crippen LogP) is 3.68. The zero-order valence-electron chi connectivity index (χ0n) is 17.7. The lowest BCUT2D eigenvalue weighted by Crippen LogP contribution is -2.44. The fraction of sp³-hybridized carbons (Fsp3) is 0.522. The van der Waals surface area contributed by atoms with Crippen LogP contribution in [0.15, 0.2) is 40.5 Å². The van der Waals surface area contributed by atoms with Crippen molar-refractivity contribution < 1.29 is 19.1 Å². The Morgan fingerprint density at radius 3 is 2.67 bits per heavy atom. The molecule has 7 heteroatoms. The molecule has 0 aromatic heterocycles. The number of carbonyl (C=O) groups excluding carboxylic acids is 2. The second kappa shape index (κ2) is 9.41. The molecular formula is C23H29ClN2O4. The van der Waals surface area contributed by atoms with E-state index < -0.39 is 17.8 Å². The fourth-order valence-corrected chi connectivity index (χ4v) is 4.63. The number of aliphatic imine (C=N–C) groups is 1. The number of fused-ring (bicyclic) bond motifs is 1. The highest BCUT2D eigenvalue weighted by Crippen LogP contribution is 2.48. The summed E-state index contributed by atoms with van der Waals surface area (Å²) in [6, 6.07) is 7.32. The van der Waals surface area contributed by atoms with E-state index in [1.165, 1.54) is 0 Å². The van der Waals surface area contributed by atoms with E-state index in [9.17, 15) is 9.59 Å². The Balaban J connectivity index is 2.20. The van der Waals surface area contributed by atoms with Crippen molar-refractivity contribution >= 4 is 29.1 Å². The van der Waals surface area contributed by atoms with Crippen LogP contribution < -0.4 is 5.73 Å². The molecule has 3 rings (SSSR count). The highest BCUT2D eigenvalue weighted by molar-refractivity contribution is 6.31. The number of ketones is 1. The van der Waals surface area contributed by atoms with E-state index in [-0.39, 0.29) is 24.4 Å². The van der Waals surface area contributed by atoms with Crippen LogP contribution in [0.4, 0.5) is 0 Å². The Kier molecular flexibility index (Phi) is 7.11. The lowest BCUT2D eigenvalue weighted by molar-refractivity contribution is -0.139. The molecule has 30 heavy (non-hydrogen) atoms. The molecule has 0 spiro atoms. The summed E-state index contributed by atoms with van der Waals surface area (Å²) in [5.41, 5.74) is 7.71. The Bertz CT molecular complexity index is 891. The summed E-state index contributed by atoms with van der Waals surface area (Å²) in [6.07, 6.45) is 1.09. The number of benzene rings is 1. The van der Waals surface area contributed by atoms with Crippen molar-refractivity contribution in [1.82, 2.24) is 0 Å². The third-order valence-electron chi connectivity index (χ3n) is 5.49. The first kappa shape index (κ1) is 22.7. The molecule has 1 aromatic carbocycles. The van der Waals surface area contributed by atoms with E-state index in [1.807, 2.05) is 18.2 Å². The first-order valence-electron chi connectivity index (χ1n) is 10.3. The third-order valence-corrected chi connectivity index (χ3v) is 5.83. The van der Waals surface area contributed by atoms with Crippen molar-refractivity contribution in [1.29, 1.82) is 0 Å². The molecule has 1 fully saturated rings. The molecule has 1 saturated carbocycles. The minimum atomic E-state index is -0.551. The van der Waals surface area contributed by atoms with Crippen LogP contribution in [0.1, 0.15) is 45.1 Å². The van der Waals surface area contributed by atoms with E-state index in [2.05, 4.69) is 13.8 Å². The van der Waals surface area contributed by atoms with Gasteiger partial charge in [0.15, 0.2) is 0 Å². The van der Waals surface area contributed by atoms with Gasteiger partial charge in [-0.25, -0.2) is 4.79 Å². The van der Waals surface area contributed by atoms with Gasteiger partial charge in [-0.2, -0.15) is 0 Å². The van der Waals surface area contributed by atoms with Crippen LogP contribution in [0.3, 0.4) is 0 Å². The first-order chi connectivity index (χ1) is 14.3. The molecule has 2 unspecified atom stereocenters. The van der Waals surface area contributed by atoms with E-state index >= 15 is 0 Å². The summed E-state index contributed by atoms with van der Waals surface area (Å²) in [7, 11) is 0. The highest BCUT2D eigenvalue weighted by Gasteiger charge is 2.48. The summed E-state index contributed by atoms with van der Waals surface area (Å²) in [4.78, 5) is 31.1. The van der Waals surface area contributed by atoms with Crippen molar-refractivity contribution in [3.05, 3.63) is 46.1 Å². The number of carbonyl (C=O) groups is 2. The maximum absolute atomic E-state index is 13.3. The summed E-state index contributed by atoms with van der Waals surface area (Å²) in [6.45, 7) is 6.91. The predicted molar refractivity (Wildman–Crippen MR) is 117 cm³/mol. The second-order valence-electron chi connectivity index (χ2n) is 8.49. The molecule has 162 valence electrons. The Morgan fingerprint density at radius 1 is 1.27 bits per heavy atom. The van der Waals surface area contributed by atoms with Crippen LogP contribution in [0.2, 0.25) is 5.02 Å². The monoisotopic (exact) mass is 432 g/mol. The van der Waals surface area contributed by atoms with Gasteiger partial charge in [0.2, 0.25) is 0 Å². The number of rotatable bonds is 7. The quantitative estimate of drug-likeness (QED) is 0.524. The molecule has 1 heterocycles. The number of halogens is 1. The number of esters is 1. The van der Waals surface area contributed by atoms with Gasteiger partial charge >= 0.3 is 5.97 Å². The summed E-state index contributed by atoms with van der Waals surface area (Å²) >= 11 is 6.54. The standard InChI is InChI=1S/C23H29ClN2O4/c1-4-30-22(28)21-17(13-29-10-9-25)26-16-11-23(2,3)12-18(27)20(16)19(21)14-7-5-6-8-15(14)24/h5-8,19-20H,4,9-13,25H2,1-3H3. The number of hydrogen-bond donors (Lipinski definition) is 1. The van der Waals surface area contributed by atoms with Crippen LogP contribution in [-0.2, 0) is 19.1 Å². The molecule has 0 amide bonds. The van der Waals surface area contributed by atoms with Crippen LogP contribution in [0, 0.1) is 11.3 Å². The molecule has 1 aliphatic heterocycles. The molecule has 0 radical (unpaired) electrons. The SMILES string of the molecule is CCOC(=O)C1=C(COCCN)N=C2CC(C)(C)CC(=O)C2C1c1ccccc1Cl. The van der Waals surface area contributed by atoms with Crippen molar-refractivity contribution in [2.75, 3.05) is 26.4 Å². The van der Waals surface area contributed by atoms with Crippen molar-refractivity contribution in [2.24, 2.45) is 22.1 Å². The topological polar surface area (TPSA) is 91.0 Å². The number of ether oxygens (including phenoxy) is 2. The Hall–Kier alpha value is -2.02. The second-order valence-corrected chi connectivity index (χ2v) is 8.89. The van der Waals surface area contributed by atoms with Crippen molar-refractivity contribution in [3.63, 3.8) is 0 Å². The van der Waals surface area contributed by atoms with E-state index in [0.29, 0.717) is 42.3 Å². The van der Waals surface area contributed by atoms with Gasteiger partial charge in [0, 0.05) is 29.6 Å². The molecule has 1 aromatic rings. The number of Topliss-reactive ketones (excluding diaryl/α,β-unsaturated/α-hetero) is 1. The molecule has 6 nitrogen and oxygen atoms in total. The minimum absolute atomic E-state index is 0.0682. The van der Waals surface area contributed by atoms with Gasteiger partial charge in [0.1, 0.15) is 5.78 Å². The maximum Gasteiger partial charge on any atom is 0.336 e. The van der Waals surface area contributed by atoms with Gasteiger partial charge < -0.3 is 15.2 Å². The van der Waals surface area contributed by atoms with Crippen LogP contribution in [0.5, 0.6) is 0 Å². The smallest absolute Gasteiger partial charge is 0.336 e. The van der Waals surface area contributed by atoms with E-state index in [0.717, 1.165) is 11.3 Å². The van der Waals surface area contributed by atoms with Crippen LogP contribution in [-0.4, -0.2) is 43.8 Å². The highest BCUT2D eigenvalue weighted by atomic mass is 35.5. The van der Waals surface area contributed by atoms with Crippen molar-refractivity contribution in [2.45, 2.75) is 39.5 Å².